The Labute approximate surface area is 125 Å². The first-order valence-corrected chi connectivity index (χ1v) is 6.77. The Morgan fingerprint density at radius 2 is 2.05 bits per heavy atom. The number of halogens is 2. The Morgan fingerprint density at radius 1 is 1.40 bits per heavy atom. The zero-order chi connectivity index (χ0) is 13.8. The summed E-state index contributed by atoms with van der Waals surface area (Å²) in [6.45, 7) is 3.93. The van der Waals surface area contributed by atoms with Gasteiger partial charge in [0.25, 0.3) is 0 Å². The van der Waals surface area contributed by atoms with Crippen molar-refractivity contribution in [3.8, 4) is 0 Å². The third-order valence-corrected chi connectivity index (χ3v) is 3.88. The van der Waals surface area contributed by atoms with Crippen LogP contribution in [0, 0.1) is 5.82 Å². The molecule has 20 heavy (non-hydrogen) atoms. The second-order valence-electron chi connectivity index (χ2n) is 5.33. The first-order chi connectivity index (χ1) is 9.06. The van der Waals surface area contributed by atoms with Gasteiger partial charge in [-0.3, -0.25) is 4.79 Å². The van der Waals surface area contributed by atoms with Gasteiger partial charge in [0.15, 0.2) is 0 Å². The molecule has 112 valence electrons. The van der Waals surface area contributed by atoms with E-state index in [1.165, 1.54) is 17.7 Å². The monoisotopic (exact) mass is 301 g/mol. The molecule has 1 N–H and O–H groups in total. The number of carboxylic acid groups (broad SMARTS) is 1. The van der Waals surface area contributed by atoms with Crippen LogP contribution < -0.4 is 0 Å². The molecular formula is C15H21ClFNO2. The van der Waals surface area contributed by atoms with Gasteiger partial charge < -0.3 is 10.0 Å². The summed E-state index contributed by atoms with van der Waals surface area (Å²) in [5.41, 5.74) is 1.17. The molecule has 3 nitrogen and oxygen atoms in total. The lowest BCUT2D eigenvalue weighted by molar-refractivity contribution is -0.137. The van der Waals surface area contributed by atoms with Gasteiger partial charge in [-0.25, -0.2) is 4.39 Å². The molecule has 0 saturated carbocycles. The van der Waals surface area contributed by atoms with Crippen molar-refractivity contribution in [3.63, 3.8) is 0 Å². The molecule has 2 atom stereocenters. The van der Waals surface area contributed by atoms with Crippen LogP contribution in [0.25, 0.3) is 0 Å². The number of nitrogens with zero attached hydrogens (tertiary/aromatic N) is 1. The zero-order valence-corrected chi connectivity index (χ0v) is 12.4. The molecular weight excluding hydrogens is 281 g/mol. The number of rotatable bonds is 5. The molecule has 1 aromatic rings. The average Bonchev–Trinajstić information content (AvgIpc) is 2.71. The minimum atomic E-state index is -0.734. The standard InChI is InChI=1S/C15H20FNO2.ClH/c1-11-9-13(12-4-6-14(16)7-5-12)10-17(11)8-2-3-15(18)19;/h4-7,11,13H,2-3,8-10H2,1H3,(H,18,19);1H. The lowest BCUT2D eigenvalue weighted by Crippen LogP contribution is -2.28. The summed E-state index contributed by atoms with van der Waals surface area (Å²) >= 11 is 0. The second kappa shape index (κ2) is 7.60. The number of carbonyl (C=O) groups is 1. The largest absolute Gasteiger partial charge is 0.481 e. The fraction of sp³-hybridized carbons (Fsp3) is 0.533. The molecule has 0 bridgehead atoms. The maximum absolute atomic E-state index is 12.9. The van der Waals surface area contributed by atoms with E-state index in [0.717, 1.165) is 19.5 Å². The van der Waals surface area contributed by atoms with E-state index in [2.05, 4.69) is 11.8 Å². The van der Waals surface area contributed by atoms with Gasteiger partial charge in [0.2, 0.25) is 0 Å². The van der Waals surface area contributed by atoms with E-state index in [1.54, 1.807) is 0 Å². The zero-order valence-electron chi connectivity index (χ0n) is 11.6. The van der Waals surface area contributed by atoms with Crippen molar-refractivity contribution in [1.82, 2.24) is 4.90 Å². The molecule has 1 aliphatic rings. The number of hydrogen-bond acceptors (Lipinski definition) is 2. The molecule has 1 fully saturated rings. The van der Waals surface area contributed by atoms with E-state index in [0.29, 0.717) is 18.4 Å². The van der Waals surface area contributed by atoms with E-state index in [-0.39, 0.29) is 24.6 Å². The highest BCUT2D eigenvalue weighted by atomic mass is 35.5. The van der Waals surface area contributed by atoms with Crippen molar-refractivity contribution in [2.75, 3.05) is 13.1 Å². The summed E-state index contributed by atoms with van der Waals surface area (Å²) in [6.07, 6.45) is 1.97. The first-order valence-electron chi connectivity index (χ1n) is 6.77. The van der Waals surface area contributed by atoms with E-state index >= 15 is 0 Å². The molecule has 2 unspecified atom stereocenters. The summed E-state index contributed by atoms with van der Waals surface area (Å²) in [4.78, 5) is 12.8. The maximum Gasteiger partial charge on any atom is 0.303 e. The van der Waals surface area contributed by atoms with Crippen LogP contribution in [0.2, 0.25) is 0 Å². The Morgan fingerprint density at radius 3 is 2.65 bits per heavy atom. The smallest absolute Gasteiger partial charge is 0.303 e. The second-order valence-corrected chi connectivity index (χ2v) is 5.33. The number of carboxylic acids is 1. The highest BCUT2D eigenvalue weighted by molar-refractivity contribution is 5.85. The van der Waals surface area contributed by atoms with Gasteiger partial charge in [-0.1, -0.05) is 12.1 Å². The molecule has 0 radical (unpaired) electrons. The van der Waals surface area contributed by atoms with Crippen LogP contribution in [-0.4, -0.2) is 35.1 Å². The van der Waals surface area contributed by atoms with Gasteiger partial charge in [-0.05, 0) is 49.9 Å². The highest BCUT2D eigenvalue weighted by Gasteiger charge is 2.29. The topological polar surface area (TPSA) is 40.5 Å². The van der Waals surface area contributed by atoms with Crippen LogP contribution in [0.3, 0.4) is 0 Å². The van der Waals surface area contributed by atoms with Crippen molar-refractivity contribution < 1.29 is 14.3 Å². The molecule has 1 aliphatic heterocycles. The summed E-state index contributed by atoms with van der Waals surface area (Å²) in [7, 11) is 0. The lowest BCUT2D eigenvalue weighted by Gasteiger charge is -2.20. The Kier molecular flexibility index (Phi) is 6.43. The fourth-order valence-corrected chi connectivity index (χ4v) is 2.82. The van der Waals surface area contributed by atoms with Crippen LogP contribution in [-0.2, 0) is 4.79 Å². The molecule has 1 heterocycles. The number of likely N-dealkylation sites (tertiary alicyclic amines) is 1. The number of hydrogen-bond donors (Lipinski definition) is 1. The number of benzene rings is 1. The summed E-state index contributed by atoms with van der Waals surface area (Å²) in [5, 5.41) is 8.66. The molecule has 0 aromatic heterocycles. The van der Waals surface area contributed by atoms with Gasteiger partial charge in [0.1, 0.15) is 5.82 Å². The third-order valence-electron chi connectivity index (χ3n) is 3.88. The highest BCUT2D eigenvalue weighted by Crippen LogP contribution is 2.31. The van der Waals surface area contributed by atoms with E-state index < -0.39 is 5.97 Å². The fourth-order valence-electron chi connectivity index (χ4n) is 2.82. The van der Waals surface area contributed by atoms with E-state index in [9.17, 15) is 9.18 Å². The third kappa shape index (κ3) is 4.46. The van der Waals surface area contributed by atoms with Gasteiger partial charge in [0, 0.05) is 19.0 Å². The minimum absolute atomic E-state index is 0. The molecule has 1 aromatic carbocycles. The first kappa shape index (κ1) is 16.9. The van der Waals surface area contributed by atoms with Crippen LogP contribution >= 0.6 is 12.4 Å². The predicted octanol–water partition coefficient (Wildman–Crippen LogP) is 3.29. The molecule has 2 rings (SSSR count). The van der Waals surface area contributed by atoms with E-state index in [4.69, 9.17) is 5.11 Å². The molecule has 0 spiro atoms. The lowest BCUT2D eigenvalue weighted by atomic mass is 9.97. The Balaban J connectivity index is 0.00000200. The summed E-state index contributed by atoms with van der Waals surface area (Å²) in [5.74, 6) is -0.504. The van der Waals surface area contributed by atoms with Crippen LogP contribution in [0.1, 0.15) is 37.7 Å². The van der Waals surface area contributed by atoms with E-state index in [1.807, 2.05) is 12.1 Å². The van der Waals surface area contributed by atoms with Crippen LogP contribution in [0.15, 0.2) is 24.3 Å². The van der Waals surface area contributed by atoms with Gasteiger partial charge in [0.05, 0.1) is 0 Å². The average molecular weight is 302 g/mol. The van der Waals surface area contributed by atoms with Crippen molar-refractivity contribution >= 4 is 18.4 Å². The van der Waals surface area contributed by atoms with Gasteiger partial charge >= 0.3 is 5.97 Å². The van der Waals surface area contributed by atoms with Crippen molar-refractivity contribution in [2.24, 2.45) is 0 Å². The Hall–Kier alpha value is -1.13. The SMILES string of the molecule is CC1CC(c2ccc(F)cc2)CN1CCCC(=O)O.Cl. The normalized spacial score (nSPS) is 22.5. The molecule has 5 heteroatoms. The van der Waals surface area contributed by atoms with Crippen molar-refractivity contribution in [1.29, 1.82) is 0 Å². The molecule has 1 saturated heterocycles. The van der Waals surface area contributed by atoms with Gasteiger partial charge in [-0.15, -0.1) is 12.4 Å². The maximum atomic E-state index is 12.9. The number of aliphatic carboxylic acids is 1. The Bertz CT molecular complexity index is 438. The van der Waals surface area contributed by atoms with Crippen molar-refractivity contribution in [2.45, 2.75) is 38.1 Å². The van der Waals surface area contributed by atoms with Crippen molar-refractivity contribution in [3.05, 3.63) is 35.6 Å². The summed E-state index contributed by atoms with van der Waals surface area (Å²) in [6, 6.07) is 7.19. The summed E-state index contributed by atoms with van der Waals surface area (Å²) < 4.78 is 12.9. The van der Waals surface area contributed by atoms with Gasteiger partial charge in [-0.2, -0.15) is 0 Å². The minimum Gasteiger partial charge on any atom is -0.481 e. The quantitative estimate of drug-likeness (QED) is 0.907. The molecule has 0 aliphatic carbocycles. The predicted molar refractivity (Wildman–Crippen MR) is 78.9 cm³/mol. The van der Waals surface area contributed by atoms with Crippen LogP contribution in [0.5, 0.6) is 0 Å². The van der Waals surface area contributed by atoms with Crippen LogP contribution in [0.4, 0.5) is 4.39 Å². The molecule has 0 amide bonds.